The fraction of sp³-hybridized carbons (Fsp3) is 0.273. The van der Waals surface area contributed by atoms with Crippen molar-refractivity contribution in [1.29, 1.82) is 5.26 Å². The van der Waals surface area contributed by atoms with Gasteiger partial charge in [-0.05, 0) is 19.1 Å². The fourth-order valence-electron chi connectivity index (χ4n) is 1.44. The zero-order valence-electron chi connectivity index (χ0n) is 9.46. The normalized spacial score (nSPS) is 9.88. The Balaban J connectivity index is 2.05. The van der Waals surface area contributed by atoms with E-state index < -0.39 is 0 Å². The molecule has 0 atom stereocenters. The molecule has 0 aromatic carbocycles. The van der Waals surface area contributed by atoms with Crippen molar-refractivity contribution in [1.82, 2.24) is 19.7 Å². The monoisotopic (exact) mass is 228 g/mol. The Bertz CT molecular complexity index is 539. The zero-order valence-corrected chi connectivity index (χ0v) is 9.46. The average Bonchev–Trinajstić information content (AvgIpc) is 2.84. The molecule has 0 aliphatic carbocycles. The first-order chi connectivity index (χ1) is 8.33. The molecule has 1 N–H and O–H groups in total. The molecule has 0 saturated carbocycles. The second-order valence-electron chi connectivity index (χ2n) is 3.41. The quantitative estimate of drug-likeness (QED) is 0.849. The van der Waals surface area contributed by atoms with Gasteiger partial charge in [-0.2, -0.15) is 5.26 Å². The number of nitrogens with one attached hydrogen (secondary N) is 1. The summed E-state index contributed by atoms with van der Waals surface area (Å²) in [5.74, 6) is 1.51. The standard InChI is InChI=1S/C11H12N6/c1-2-17-8-14-16-11(17)7-13-10-5-3-4-9(6-12)15-10/h3-5,8H,2,7H2,1H3,(H,13,15). The first-order valence-corrected chi connectivity index (χ1v) is 5.31. The molecule has 17 heavy (non-hydrogen) atoms. The van der Waals surface area contributed by atoms with Crippen LogP contribution in [0.4, 0.5) is 5.82 Å². The molecule has 0 radical (unpaired) electrons. The lowest BCUT2D eigenvalue weighted by Gasteiger charge is -2.06. The highest BCUT2D eigenvalue weighted by Gasteiger charge is 2.02. The number of rotatable bonds is 4. The first kappa shape index (κ1) is 11.1. The Morgan fingerprint density at radius 1 is 1.47 bits per heavy atom. The lowest BCUT2D eigenvalue weighted by Crippen LogP contribution is -2.08. The zero-order chi connectivity index (χ0) is 12.1. The number of aromatic nitrogens is 4. The third-order valence-electron chi connectivity index (χ3n) is 2.33. The van der Waals surface area contributed by atoms with E-state index in [4.69, 9.17) is 5.26 Å². The minimum atomic E-state index is 0.395. The van der Waals surface area contributed by atoms with Crippen LogP contribution in [0.1, 0.15) is 18.4 Å². The van der Waals surface area contributed by atoms with E-state index >= 15 is 0 Å². The summed E-state index contributed by atoms with van der Waals surface area (Å²) in [5, 5.41) is 19.7. The van der Waals surface area contributed by atoms with Gasteiger partial charge in [0.2, 0.25) is 0 Å². The van der Waals surface area contributed by atoms with Crippen LogP contribution in [0.15, 0.2) is 24.5 Å². The molecule has 6 nitrogen and oxygen atoms in total. The maximum absolute atomic E-state index is 8.73. The first-order valence-electron chi connectivity index (χ1n) is 5.31. The highest BCUT2D eigenvalue weighted by atomic mass is 15.3. The van der Waals surface area contributed by atoms with Gasteiger partial charge in [0.15, 0.2) is 5.82 Å². The van der Waals surface area contributed by atoms with E-state index in [9.17, 15) is 0 Å². The minimum absolute atomic E-state index is 0.395. The molecule has 2 heterocycles. The van der Waals surface area contributed by atoms with Crippen molar-refractivity contribution < 1.29 is 0 Å². The molecule has 0 amide bonds. The van der Waals surface area contributed by atoms with E-state index in [1.165, 1.54) is 0 Å². The molecule has 86 valence electrons. The fourth-order valence-corrected chi connectivity index (χ4v) is 1.44. The predicted octanol–water partition coefficient (Wildman–Crippen LogP) is 1.18. The van der Waals surface area contributed by atoms with Gasteiger partial charge in [-0.1, -0.05) is 6.07 Å². The van der Waals surface area contributed by atoms with Gasteiger partial charge in [0.1, 0.15) is 23.9 Å². The Kier molecular flexibility index (Phi) is 3.31. The lowest BCUT2D eigenvalue weighted by molar-refractivity contribution is 0.707. The topological polar surface area (TPSA) is 79.4 Å². The van der Waals surface area contributed by atoms with E-state index in [0.29, 0.717) is 18.1 Å². The summed E-state index contributed by atoms with van der Waals surface area (Å²) in [7, 11) is 0. The Morgan fingerprint density at radius 2 is 2.35 bits per heavy atom. The second-order valence-corrected chi connectivity index (χ2v) is 3.41. The molecule has 0 saturated heterocycles. The Morgan fingerprint density at radius 3 is 3.12 bits per heavy atom. The van der Waals surface area contributed by atoms with Gasteiger partial charge in [-0.15, -0.1) is 10.2 Å². The smallest absolute Gasteiger partial charge is 0.152 e. The third kappa shape index (κ3) is 2.58. The molecule has 2 aromatic rings. The van der Waals surface area contributed by atoms with E-state index in [1.807, 2.05) is 23.6 Å². The molecular formula is C11H12N6. The molecule has 0 spiro atoms. The van der Waals surface area contributed by atoms with Crippen LogP contribution in [-0.2, 0) is 13.1 Å². The van der Waals surface area contributed by atoms with Crippen molar-refractivity contribution in [3.05, 3.63) is 36.0 Å². The van der Waals surface area contributed by atoms with Crippen LogP contribution in [0.5, 0.6) is 0 Å². The van der Waals surface area contributed by atoms with E-state index in [1.54, 1.807) is 18.5 Å². The van der Waals surface area contributed by atoms with Gasteiger partial charge in [-0.25, -0.2) is 4.98 Å². The van der Waals surface area contributed by atoms with Crippen molar-refractivity contribution in [2.45, 2.75) is 20.0 Å². The highest BCUT2D eigenvalue weighted by Crippen LogP contribution is 2.05. The summed E-state index contributed by atoms with van der Waals surface area (Å²) in [5.41, 5.74) is 0.395. The third-order valence-corrected chi connectivity index (χ3v) is 2.33. The summed E-state index contributed by atoms with van der Waals surface area (Å²) in [6, 6.07) is 7.27. The van der Waals surface area contributed by atoms with Crippen LogP contribution in [-0.4, -0.2) is 19.7 Å². The number of aryl methyl sites for hydroxylation is 1. The Hall–Kier alpha value is -2.42. The molecular weight excluding hydrogens is 216 g/mol. The number of pyridine rings is 1. The molecule has 6 heteroatoms. The van der Waals surface area contributed by atoms with Gasteiger partial charge in [-0.3, -0.25) is 0 Å². The van der Waals surface area contributed by atoms with E-state index in [0.717, 1.165) is 12.4 Å². The number of hydrogen-bond donors (Lipinski definition) is 1. The molecule has 2 rings (SSSR count). The summed E-state index contributed by atoms with van der Waals surface area (Å²) < 4.78 is 1.95. The second kappa shape index (κ2) is 5.07. The summed E-state index contributed by atoms with van der Waals surface area (Å²) in [6.45, 7) is 3.40. The molecule has 2 aromatic heterocycles. The SMILES string of the molecule is CCn1cnnc1CNc1cccc(C#N)n1. The predicted molar refractivity (Wildman–Crippen MR) is 62.0 cm³/mol. The molecule has 0 aliphatic rings. The average molecular weight is 228 g/mol. The lowest BCUT2D eigenvalue weighted by atomic mass is 10.3. The van der Waals surface area contributed by atoms with Crippen molar-refractivity contribution in [3.8, 4) is 6.07 Å². The van der Waals surface area contributed by atoms with Crippen molar-refractivity contribution in [2.24, 2.45) is 0 Å². The van der Waals surface area contributed by atoms with E-state index in [-0.39, 0.29) is 0 Å². The van der Waals surface area contributed by atoms with Crippen molar-refractivity contribution >= 4 is 5.82 Å². The number of nitrogens with zero attached hydrogens (tertiary/aromatic N) is 5. The molecule has 0 fully saturated rings. The molecule has 0 unspecified atom stereocenters. The number of hydrogen-bond acceptors (Lipinski definition) is 5. The van der Waals surface area contributed by atoms with Crippen LogP contribution < -0.4 is 5.32 Å². The van der Waals surface area contributed by atoms with Crippen LogP contribution in [0, 0.1) is 11.3 Å². The van der Waals surface area contributed by atoms with Crippen LogP contribution >= 0.6 is 0 Å². The van der Waals surface area contributed by atoms with Gasteiger partial charge in [0, 0.05) is 6.54 Å². The van der Waals surface area contributed by atoms with Gasteiger partial charge in [0.25, 0.3) is 0 Å². The maximum Gasteiger partial charge on any atom is 0.152 e. The van der Waals surface area contributed by atoms with Crippen LogP contribution in [0.2, 0.25) is 0 Å². The highest BCUT2D eigenvalue weighted by molar-refractivity contribution is 5.38. The number of nitriles is 1. The van der Waals surface area contributed by atoms with Crippen molar-refractivity contribution in [2.75, 3.05) is 5.32 Å². The van der Waals surface area contributed by atoms with E-state index in [2.05, 4.69) is 20.5 Å². The summed E-state index contributed by atoms with van der Waals surface area (Å²) >= 11 is 0. The van der Waals surface area contributed by atoms with Gasteiger partial charge >= 0.3 is 0 Å². The van der Waals surface area contributed by atoms with Crippen LogP contribution in [0.3, 0.4) is 0 Å². The Labute approximate surface area is 98.9 Å². The van der Waals surface area contributed by atoms with Crippen LogP contribution in [0.25, 0.3) is 0 Å². The van der Waals surface area contributed by atoms with Gasteiger partial charge < -0.3 is 9.88 Å². The maximum atomic E-state index is 8.73. The summed E-state index contributed by atoms with van der Waals surface area (Å²) in [6.07, 6.45) is 1.69. The number of anilines is 1. The molecule has 0 bridgehead atoms. The largest absolute Gasteiger partial charge is 0.363 e. The van der Waals surface area contributed by atoms with Crippen molar-refractivity contribution in [3.63, 3.8) is 0 Å². The summed E-state index contributed by atoms with van der Waals surface area (Å²) in [4.78, 5) is 4.12. The minimum Gasteiger partial charge on any atom is -0.363 e. The van der Waals surface area contributed by atoms with Gasteiger partial charge in [0.05, 0.1) is 6.54 Å². The molecule has 0 aliphatic heterocycles.